The van der Waals surface area contributed by atoms with Crippen molar-refractivity contribution in [3.05, 3.63) is 35.9 Å². The number of carbonyl (C=O) groups is 1. The van der Waals surface area contributed by atoms with Gasteiger partial charge in [0.05, 0.1) is 5.92 Å². The Kier molecular flexibility index (Phi) is 4.59. The first-order chi connectivity index (χ1) is 9.07. The summed E-state index contributed by atoms with van der Waals surface area (Å²) in [5.74, 6) is 0.346. The molecule has 1 saturated heterocycles. The predicted octanol–water partition coefficient (Wildman–Crippen LogP) is 2.12. The van der Waals surface area contributed by atoms with E-state index in [0.29, 0.717) is 0 Å². The first kappa shape index (κ1) is 14.1. The molecule has 1 atom stereocenters. The fraction of sp³-hybridized carbons (Fsp3) is 0.562. The van der Waals surface area contributed by atoms with E-state index in [9.17, 15) is 4.79 Å². The molecule has 2 rings (SSSR count). The lowest BCUT2D eigenvalue weighted by atomic mass is 9.94. The molecule has 2 N–H and O–H groups in total. The van der Waals surface area contributed by atoms with E-state index in [-0.39, 0.29) is 17.4 Å². The highest BCUT2D eigenvalue weighted by Crippen LogP contribution is 2.16. The number of hydrogen-bond donors (Lipinski definition) is 2. The third-order valence-corrected chi connectivity index (χ3v) is 3.77. The van der Waals surface area contributed by atoms with Crippen LogP contribution in [0.5, 0.6) is 0 Å². The highest BCUT2D eigenvalue weighted by Gasteiger charge is 2.27. The van der Waals surface area contributed by atoms with Crippen LogP contribution in [0.2, 0.25) is 0 Å². The monoisotopic (exact) mass is 260 g/mol. The molecular formula is C16H24N2O. The molecule has 1 amide bonds. The summed E-state index contributed by atoms with van der Waals surface area (Å²) in [7, 11) is 0. The van der Waals surface area contributed by atoms with Crippen LogP contribution in [0.1, 0.15) is 32.3 Å². The van der Waals surface area contributed by atoms with E-state index in [1.165, 1.54) is 5.56 Å². The van der Waals surface area contributed by atoms with Crippen LogP contribution in [0.4, 0.5) is 0 Å². The Morgan fingerprint density at radius 3 is 2.74 bits per heavy atom. The molecule has 0 saturated carbocycles. The Labute approximate surface area is 115 Å². The summed E-state index contributed by atoms with van der Waals surface area (Å²) in [5.41, 5.74) is 1.18. The molecule has 3 heteroatoms. The molecule has 1 aromatic rings. The molecule has 0 bridgehead atoms. The Hall–Kier alpha value is -1.35. The molecule has 1 aliphatic heterocycles. The minimum absolute atomic E-state index is 0.143. The smallest absolute Gasteiger partial charge is 0.224 e. The molecule has 19 heavy (non-hydrogen) atoms. The third kappa shape index (κ3) is 4.35. The fourth-order valence-corrected chi connectivity index (χ4v) is 2.48. The molecular weight excluding hydrogens is 236 g/mol. The molecule has 0 aliphatic carbocycles. The van der Waals surface area contributed by atoms with E-state index < -0.39 is 0 Å². The summed E-state index contributed by atoms with van der Waals surface area (Å²) in [4.78, 5) is 12.1. The maximum Gasteiger partial charge on any atom is 0.224 e. The predicted molar refractivity (Wildman–Crippen MR) is 78.0 cm³/mol. The number of nitrogens with one attached hydrogen (secondary N) is 2. The van der Waals surface area contributed by atoms with Gasteiger partial charge in [-0.1, -0.05) is 30.3 Å². The normalized spacial score (nSPS) is 19.4. The van der Waals surface area contributed by atoms with Gasteiger partial charge < -0.3 is 10.6 Å². The second-order valence-corrected chi connectivity index (χ2v) is 6.05. The van der Waals surface area contributed by atoms with Crippen molar-refractivity contribution in [3.8, 4) is 0 Å². The highest BCUT2D eigenvalue weighted by atomic mass is 16.2. The summed E-state index contributed by atoms with van der Waals surface area (Å²) in [6.07, 6.45) is 2.92. The Bertz CT molecular complexity index is 408. The Morgan fingerprint density at radius 2 is 2.11 bits per heavy atom. The van der Waals surface area contributed by atoms with Gasteiger partial charge in [0.2, 0.25) is 5.91 Å². The van der Waals surface area contributed by atoms with Crippen molar-refractivity contribution in [1.29, 1.82) is 0 Å². The zero-order chi connectivity index (χ0) is 13.7. The number of benzene rings is 1. The van der Waals surface area contributed by atoms with Crippen molar-refractivity contribution in [3.63, 3.8) is 0 Å². The van der Waals surface area contributed by atoms with Crippen LogP contribution >= 0.6 is 0 Å². The standard InChI is InChI=1S/C16H24N2O/c1-16(2,10-8-13-6-4-3-5-7-13)18-15(19)14-9-11-17-12-14/h3-7,14,17H,8-12H2,1-2H3,(H,18,19). The van der Waals surface area contributed by atoms with Crippen LogP contribution in [0.25, 0.3) is 0 Å². The summed E-state index contributed by atoms with van der Waals surface area (Å²) in [6, 6.07) is 10.4. The molecule has 1 unspecified atom stereocenters. The average molecular weight is 260 g/mol. The highest BCUT2D eigenvalue weighted by molar-refractivity contribution is 5.79. The molecule has 0 aromatic heterocycles. The Morgan fingerprint density at radius 1 is 1.37 bits per heavy atom. The van der Waals surface area contributed by atoms with Crippen LogP contribution < -0.4 is 10.6 Å². The molecule has 0 spiro atoms. The lowest BCUT2D eigenvalue weighted by molar-refractivity contribution is -0.126. The summed E-state index contributed by atoms with van der Waals surface area (Å²) in [5, 5.41) is 6.43. The number of hydrogen-bond acceptors (Lipinski definition) is 2. The first-order valence-electron chi connectivity index (χ1n) is 7.13. The van der Waals surface area contributed by atoms with E-state index in [1.54, 1.807) is 0 Å². The largest absolute Gasteiger partial charge is 0.351 e. The second-order valence-electron chi connectivity index (χ2n) is 6.05. The number of carbonyl (C=O) groups excluding carboxylic acids is 1. The van der Waals surface area contributed by atoms with Gasteiger partial charge in [-0.05, 0) is 45.2 Å². The van der Waals surface area contributed by atoms with Crippen LogP contribution in [-0.4, -0.2) is 24.5 Å². The van der Waals surface area contributed by atoms with E-state index in [1.807, 2.05) is 6.07 Å². The molecule has 104 valence electrons. The van der Waals surface area contributed by atoms with Gasteiger partial charge >= 0.3 is 0 Å². The van der Waals surface area contributed by atoms with Gasteiger partial charge in [-0.15, -0.1) is 0 Å². The molecule has 1 aliphatic rings. The first-order valence-corrected chi connectivity index (χ1v) is 7.13. The van der Waals surface area contributed by atoms with Crippen LogP contribution in [0.3, 0.4) is 0 Å². The summed E-state index contributed by atoms with van der Waals surface area (Å²) >= 11 is 0. The van der Waals surface area contributed by atoms with Crippen molar-refractivity contribution in [2.45, 2.75) is 38.6 Å². The third-order valence-electron chi connectivity index (χ3n) is 3.77. The van der Waals surface area contributed by atoms with Gasteiger partial charge in [0.25, 0.3) is 0 Å². The van der Waals surface area contributed by atoms with Crippen molar-refractivity contribution >= 4 is 5.91 Å². The molecule has 1 fully saturated rings. The molecule has 0 radical (unpaired) electrons. The zero-order valence-electron chi connectivity index (χ0n) is 11.9. The lowest BCUT2D eigenvalue weighted by Crippen LogP contribution is -2.46. The van der Waals surface area contributed by atoms with Gasteiger partial charge in [0.1, 0.15) is 0 Å². The molecule has 3 nitrogen and oxygen atoms in total. The second kappa shape index (κ2) is 6.20. The summed E-state index contributed by atoms with van der Waals surface area (Å²) in [6.45, 7) is 6.00. The Balaban J connectivity index is 1.82. The topological polar surface area (TPSA) is 41.1 Å². The van der Waals surface area contributed by atoms with E-state index in [0.717, 1.165) is 32.4 Å². The number of rotatable bonds is 5. The quantitative estimate of drug-likeness (QED) is 0.851. The van der Waals surface area contributed by atoms with E-state index >= 15 is 0 Å². The van der Waals surface area contributed by atoms with Gasteiger partial charge in [-0.25, -0.2) is 0 Å². The van der Waals surface area contributed by atoms with E-state index in [2.05, 4.69) is 48.7 Å². The zero-order valence-corrected chi connectivity index (χ0v) is 11.9. The number of aryl methyl sites for hydroxylation is 1. The van der Waals surface area contributed by atoms with Crippen molar-refractivity contribution in [2.24, 2.45) is 5.92 Å². The maximum atomic E-state index is 12.1. The van der Waals surface area contributed by atoms with Crippen LogP contribution in [0, 0.1) is 5.92 Å². The lowest BCUT2D eigenvalue weighted by Gasteiger charge is -2.28. The van der Waals surface area contributed by atoms with E-state index in [4.69, 9.17) is 0 Å². The van der Waals surface area contributed by atoms with Crippen LogP contribution in [-0.2, 0) is 11.2 Å². The van der Waals surface area contributed by atoms with Crippen molar-refractivity contribution in [1.82, 2.24) is 10.6 Å². The van der Waals surface area contributed by atoms with Gasteiger partial charge in [-0.3, -0.25) is 4.79 Å². The van der Waals surface area contributed by atoms with Gasteiger partial charge in [0.15, 0.2) is 0 Å². The minimum Gasteiger partial charge on any atom is -0.351 e. The summed E-state index contributed by atoms with van der Waals surface area (Å²) < 4.78 is 0. The SMILES string of the molecule is CC(C)(CCc1ccccc1)NC(=O)C1CCNC1. The number of amides is 1. The van der Waals surface area contributed by atoms with Crippen LogP contribution in [0.15, 0.2) is 30.3 Å². The van der Waals surface area contributed by atoms with Gasteiger partial charge in [0, 0.05) is 12.1 Å². The molecule has 1 heterocycles. The average Bonchev–Trinajstić information content (AvgIpc) is 2.91. The fourth-order valence-electron chi connectivity index (χ4n) is 2.48. The molecule has 1 aromatic carbocycles. The van der Waals surface area contributed by atoms with Crippen molar-refractivity contribution < 1.29 is 4.79 Å². The maximum absolute atomic E-state index is 12.1. The minimum atomic E-state index is -0.143. The van der Waals surface area contributed by atoms with Crippen molar-refractivity contribution in [2.75, 3.05) is 13.1 Å². The van der Waals surface area contributed by atoms with Gasteiger partial charge in [-0.2, -0.15) is 0 Å².